The third kappa shape index (κ3) is 5.10. The molecular weight excluding hydrogens is 294 g/mol. The summed E-state index contributed by atoms with van der Waals surface area (Å²) in [5.74, 6) is 1.04. The van der Waals surface area contributed by atoms with Gasteiger partial charge in [-0.1, -0.05) is 50.2 Å². The quantitative estimate of drug-likeness (QED) is 0.642. The highest BCUT2D eigenvalue weighted by atomic mass is 16.5. The summed E-state index contributed by atoms with van der Waals surface area (Å²) in [6.07, 6.45) is 6.78. The first-order chi connectivity index (χ1) is 11.8. The van der Waals surface area contributed by atoms with Crippen molar-refractivity contribution in [3.05, 3.63) is 64.7 Å². The van der Waals surface area contributed by atoms with Crippen LogP contribution in [0.5, 0.6) is 5.75 Å². The molecular formula is C22H31NO. The fourth-order valence-corrected chi connectivity index (χ4v) is 3.35. The Hall–Kier alpha value is -1.80. The van der Waals surface area contributed by atoms with Crippen molar-refractivity contribution in [2.45, 2.75) is 52.4 Å². The lowest BCUT2D eigenvalue weighted by molar-refractivity contribution is 0.324. The zero-order chi connectivity index (χ0) is 17.2. The Balaban J connectivity index is 2.05. The summed E-state index contributed by atoms with van der Waals surface area (Å²) in [4.78, 5) is 0. The molecule has 24 heavy (non-hydrogen) atoms. The Kier molecular flexibility index (Phi) is 7.84. The van der Waals surface area contributed by atoms with Crippen molar-refractivity contribution in [3.63, 3.8) is 0 Å². The number of aryl methyl sites for hydroxylation is 2. The monoisotopic (exact) mass is 325 g/mol. The van der Waals surface area contributed by atoms with Crippen LogP contribution in [-0.2, 0) is 25.7 Å². The Morgan fingerprint density at radius 3 is 2.25 bits per heavy atom. The molecule has 0 aliphatic rings. The molecule has 0 spiro atoms. The van der Waals surface area contributed by atoms with E-state index in [-0.39, 0.29) is 0 Å². The zero-order valence-electron chi connectivity index (χ0n) is 15.2. The Morgan fingerprint density at radius 2 is 1.58 bits per heavy atom. The minimum absolute atomic E-state index is 0.560. The number of benzene rings is 2. The lowest BCUT2D eigenvalue weighted by atomic mass is 9.92. The van der Waals surface area contributed by atoms with Crippen LogP contribution in [0.2, 0.25) is 0 Å². The molecule has 2 heteroatoms. The minimum Gasteiger partial charge on any atom is -0.492 e. The molecule has 0 radical (unpaired) electrons. The maximum atomic E-state index is 5.92. The summed E-state index contributed by atoms with van der Waals surface area (Å²) in [6, 6.07) is 15.1. The van der Waals surface area contributed by atoms with E-state index in [4.69, 9.17) is 10.5 Å². The normalized spacial score (nSPS) is 10.8. The predicted molar refractivity (Wildman–Crippen MR) is 103 cm³/mol. The first-order valence-corrected chi connectivity index (χ1v) is 9.30. The second-order valence-electron chi connectivity index (χ2n) is 6.22. The third-order valence-corrected chi connectivity index (χ3v) is 4.58. The SMILES string of the molecule is CCc1ccc(OCCN)c(CCCCc2ccccc2)c1CC. The first kappa shape index (κ1) is 18.5. The Bertz CT molecular complexity index is 607. The molecule has 2 N–H and O–H groups in total. The van der Waals surface area contributed by atoms with E-state index in [1.165, 1.54) is 35.1 Å². The van der Waals surface area contributed by atoms with E-state index in [1.807, 2.05) is 0 Å². The number of unbranched alkanes of at least 4 members (excludes halogenated alkanes) is 1. The van der Waals surface area contributed by atoms with Crippen LogP contribution in [0.3, 0.4) is 0 Å². The van der Waals surface area contributed by atoms with Gasteiger partial charge in [-0.15, -0.1) is 0 Å². The Labute approximate surface area is 147 Å². The highest BCUT2D eigenvalue weighted by Gasteiger charge is 2.12. The highest BCUT2D eigenvalue weighted by molar-refractivity contribution is 5.45. The lowest BCUT2D eigenvalue weighted by Gasteiger charge is -2.18. The van der Waals surface area contributed by atoms with Crippen molar-refractivity contribution in [2.24, 2.45) is 5.73 Å². The summed E-state index contributed by atoms with van der Waals surface area (Å²) in [5, 5.41) is 0. The molecule has 2 aromatic carbocycles. The molecule has 0 heterocycles. The molecule has 0 saturated heterocycles. The molecule has 0 amide bonds. The molecule has 0 unspecified atom stereocenters. The average molecular weight is 325 g/mol. The second kappa shape index (κ2) is 10.1. The van der Waals surface area contributed by atoms with E-state index < -0.39 is 0 Å². The van der Waals surface area contributed by atoms with Crippen molar-refractivity contribution in [1.29, 1.82) is 0 Å². The van der Waals surface area contributed by atoms with Crippen LogP contribution in [0.15, 0.2) is 42.5 Å². The number of ether oxygens (including phenoxy) is 1. The molecule has 2 rings (SSSR count). The average Bonchev–Trinajstić information content (AvgIpc) is 2.64. The number of hydrogen-bond donors (Lipinski definition) is 1. The standard InChI is InChI=1S/C22H31NO/c1-3-19-14-15-22(24-17-16-23)21(20(19)4-2)13-9-8-12-18-10-6-5-7-11-18/h5-7,10-11,14-15H,3-4,8-9,12-13,16-17,23H2,1-2H3. The maximum absolute atomic E-state index is 5.92. The van der Waals surface area contributed by atoms with Gasteiger partial charge in [0.15, 0.2) is 0 Å². The topological polar surface area (TPSA) is 35.2 Å². The van der Waals surface area contributed by atoms with Gasteiger partial charge >= 0.3 is 0 Å². The van der Waals surface area contributed by atoms with Gasteiger partial charge in [0.1, 0.15) is 12.4 Å². The molecule has 0 aliphatic carbocycles. The van der Waals surface area contributed by atoms with Crippen molar-refractivity contribution in [1.82, 2.24) is 0 Å². The number of hydrogen-bond acceptors (Lipinski definition) is 2. The van der Waals surface area contributed by atoms with Gasteiger partial charge in [-0.05, 0) is 66.8 Å². The molecule has 0 saturated carbocycles. The van der Waals surface area contributed by atoms with Crippen LogP contribution in [0.1, 0.15) is 48.9 Å². The van der Waals surface area contributed by atoms with Gasteiger partial charge in [-0.3, -0.25) is 0 Å². The van der Waals surface area contributed by atoms with E-state index >= 15 is 0 Å². The van der Waals surface area contributed by atoms with Crippen molar-refractivity contribution in [3.8, 4) is 5.75 Å². The Morgan fingerprint density at radius 1 is 0.833 bits per heavy atom. The van der Waals surface area contributed by atoms with Crippen molar-refractivity contribution in [2.75, 3.05) is 13.2 Å². The molecule has 0 fully saturated rings. The molecule has 2 aromatic rings. The van der Waals surface area contributed by atoms with Gasteiger partial charge in [0, 0.05) is 6.54 Å². The number of nitrogens with two attached hydrogens (primary N) is 1. The highest BCUT2D eigenvalue weighted by Crippen LogP contribution is 2.29. The van der Waals surface area contributed by atoms with E-state index in [9.17, 15) is 0 Å². The van der Waals surface area contributed by atoms with Gasteiger partial charge in [0.2, 0.25) is 0 Å². The second-order valence-corrected chi connectivity index (χ2v) is 6.22. The summed E-state index contributed by atoms with van der Waals surface area (Å²) in [7, 11) is 0. The van der Waals surface area contributed by atoms with Crippen molar-refractivity contribution < 1.29 is 4.74 Å². The zero-order valence-corrected chi connectivity index (χ0v) is 15.2. The molecule has 130 valence electrons. The molecule has 0 aromatic heterocycles. The van der Waals surface area contributed by atoms with Crippen LogP contribution in [0, 0.1) is 0 Å². The molecule has 0 atom stereocenters. The van der Waals surface area contributed by atoms with Gasteiger partial charge in [-0.25, -0.2) is 0 Å². The molecule has 0 bridgehead atoms. The van der Waals surface area contributed by atoms with Gasteiger partial charge in [0.05, 0.1) is 0 Å². The first-order valence-electron chi connectivity index (χ1n) is 9.30. The molecule has 2 nitrogen and oxygen atoms in total. The third-order valence-electron chi connectivity index (χ3n) is 4.58. The smallest absolute Gasteiger partial charge is 0.122 e. The van der Waals surface area contributed by atoms with E-state index in [2.05, 4.69) is 56.3 Å². The fourth-order valence-electron chi connectivity index (χ4n) is 3.35. The van der Waals surface area contributed by atoms with E-state index in [1.54, 1.807) is 0 Å². The maximum Gasteiger partial charge on any atom is 0.122 e. The van der Waals surface area contributed by atoms with Gasteiger partial charge in [0.25, 0.3) is 0 Å². The van der Waals surface area contributed by atoms with Crippen LogP contribution in [0.25, 0.3) is 0 Å². The predicted octanol–water partition coefficient (Wildman–Crippen LogP) is 4.71. The van der Waals surface area contributed by atoms with Gasteiger partial charge < -0.3 is 10.5 Å². The van der Waals surface area contributed by atoms with Crippen LogP contribution in [0.4, 0.5) is 0 Å². The van der Waals surface area contributed by atoms with E-state index in [0.717, 1.165) is 31.4 Å². The van der Waals surface area contributed by atoms with E-state index in [0.29, 0.717) is 13.2 Å². The van der Waals surface area contributed by atoms with Crippen LogP contribution in [-0.4, -0.2) is 13.2 Å². The summed E-state index contributed by atoms with van der Waals surface area (Å²) < 4.78 is 5.92. The lowest BCUT2D eigenvalue weighted by Crippen LogP contribution is -2.12. The molecule has 0 aliphatic heterocycles. The summed E-state index contributed by atoms with van der Waals surface area (Å²) >= 11 is 0. The largest absolute Gasteiger partial charge is 0.492 e. The minimum atomic E-state index is 0.560. The summed E-state index contributed by atoms with van der Waals surface area (Å²) in [6.45, 7) is 5.62. The fraction of sp³-hybridized carbons (Fsp3) is 0.455. The van der Waals surface area contributed by atoms with Crippen molar-refractivity contribution >= 4 is 0 Å². The van der Waals surface area contributed by atoms with Crippen LogP contribution >= 0.6 is 0 Å². The number of rotatable bonds is 10. The summed E-state index contributed by atoms with van der Waals surface area (Å²) in [5.41, 5.74) is 11.4. The van der Waals surface area contributed by atoms with Gasteiger partial charge in [-0.2, -0.15) is 0 Å². The van der Waals surface area contributed by atoms with Crippen LogP contribution < -0.4 is 10.5 Å².